The summed E-state index contributed by atoms with van der Waals surface area (Å²) in [5.41, 5.74) is 0. The predicted octanol–water partition coefficient (Wildman–Crippen LogP) is 4.04. The van der Waals surface area contributed by atoms with E-state index < -0.39 is 0 Å². The van der Waals surface area contributed by atoms with Crippen molar-refractivity contribution in [2.24, 2.45) is 0 Å². The van der Waals surface area contributed by atoms with Gasteiger partial charge in [0, 0.05) is 13.0 Å². The second kappa shape index (κ2) is 12.5. The van der Waals surface area contributed by atoms with Gasteiger partial charge in [0.2, 0.25) is 5.91 Å². The molecule has 1 amide bonds. The van der Waals surface area contributed by atoms with Gasteiger partial charge in [0.15, 0.2) is 0 Å². The number of nitrogens with one attached hydrogen (secondary N) is 1. The zero-order valence-electron chi connectivity index (χ0n) is 11.2. The third kappa shape index (κ3) is 11.5. The molecule has 0 rings (SSSR count). The van der Waals surface area contributed by atoms with E-state index in [9.17, 15) is 4.79 Å². The van der Waals surface area contributed by atoms with Crippen LogP contribution in [0.15, 0.2) is 0 Å². The number of rotatable bonds is 11. The predicted molar refractivity (Wildman–Crippen MR) is 70.5 cm³/mol. The van der Waals surface area contributed by atoms with Crippen LogP contribution in [-0.4, -0.2) is 12.5 Å². The molecule has 0 aliphatic rings. The van der Waals surface area contributed by atoms with E-state index in [0.717, 1.165) is 25.8 Å². The van der Waals surface area contributed by atoms with Crippen LogP contribution in [0.25, 0.3) is 0 Å². The van der Waals surface area contributed by atoms with E-state index in [2.05, 4.69) is 19.2 Å². The summed E-state index contributed by atoms with van der Waals surface area (Å²) in [7, 11) is 0. The number of carbonyl (C=O) groups is 1. The monoisotopic (exact) mass is 227 g/mol. The number of hydrogen-bond donors (Lipinski definition) is 1. The summed E-state index contributed by atoms with van der Waals surface area (Å²) >= 11 is 0. The van der Waals surface area contributed by atoms with E-state index in [1.165, 1.54) is 44.9 Å². The first-order chi connectivity index (χ1) is 7.81. The summed E-state index contributed by atoms with van der Waals surface area (Å²) in [4.78, 5) is 11.4. The molecular formula is C14H29NO. The number of amides is 1. The molecule has 0 bridgehead atoms. The van der Waals surface area contributed by atoms with Crippen LogP contribution in [0.4, 0.5) is 0 Å². The molecule has 0 aromatic rings. The van der Waals surface area contributed by atoms with Crippen molar-refractivity contribution in [3.05, 3.63) is 0 Å². The first kappa shape index (κ1) is 15.5. The lowest BCUT2D eigenvalue weighted by Gasteiger charge is -2.04. The quantitative estimate of drug-likeness (QED) is 0.530. The highest BCUT2D eigenvalue weighted by Crippen LogP contribution is 2.06. The molecule has 0 unspecified atom stereocenters. The Balaban J connectivity index is 3.11. The van der Waals surface area contributed by atoms with Crippen LogP contribution < -0.4 is 5.32 Å². The Bertz CT molecular complexity index is 157. The molecule has 0 saturated carbocycles. The lowest BCUT2D eigenvalue weighted by molar-refractivity contribution is -0.121. The molecule has 16 heavy (non-hydrogen) atoms. The van der Waals surface area contributed by atoms with Crippen molar-refractivity contribution in [2.45, 2.75) is 78.1 Å². The SMILES string of the molecule is CCCCCCCCC(=O)NCCCCC. The largest absolute Gasteiger partial charge is 0.356 e. The highest BCUT2D eigenvalue weighted by molar-refractivity contribution is 5.75. The van der Waals surface area contributed by atoms with Crippen molar-refractivity contribution >= 4 is 5.91 Å². The maximum absolute atomic E-state index is 11.4. The molecule has 0 aromatic carbocycles. The van der Waals surface area contributed by atoms with Gasteiger partial charge in [-0.05, 0) is 12.8 Å². The molecule has 0 radical (unpaired) electrons. The molecule has 0 atom stereocenters. The number of hydrogen-bond acceptors (Lipinski definition) is 1. The molecule has 0 saturated heterocycles. The van der Waals surface area contributed by atoms with Crippen LogP contribution in [-0.2, 0) is 4.79 Å². The summed E-state index contributed by atoms with van der Waals surface area (Å²) in [6, 6.07) is 0. The van der Waals surface area contributed by atoms with Gasteiger partial charge in [-0.25, -0.2) is 0 Å². The summed E-state index contributed by atoms with van der Waals surface area (Å²) in [6.07, 6.45) is 11.8. The van der Waals surface area contributed by atoms with Crippen molar-refractivity contribution in [2.75, 3.05) is 6.54 Å². The Morgan fingerprint density at radius 2 is 1.38 bits per heavy atom. The highest BCUT2D eigenvalue weighted by Gasteiger charge is 1.99. The standard InChI is InChI=1S/C14H29NO/c1-3-5-7-8-9-10-12-14(16)15-13-11-6-4-2/h3-13H2,1-2H3,(H,15,16). The molecule has 96 valence electrons. The Hall–Kier alpha value is -0.530. The van der Waals surface area contributed by atoms with Crippen molar-refractivity contribution < 1.29 is 4.79 Å². The molecular weight excluding hydrogens is 198 g/mol. The normalized spacial score (nSPS) is 10.4. The maximum Gasteiger partial charge on any atom is 0.219 e. The van der Waals surface area contributed by atoms with E-state index in [4.69, 9.17) is 0 Å². The molecule has 2 nitrogen and oxygen atoms in total. The molecule has 0 aliphatic carbocycles. The second-order valence-corrected chi connectivity index (χ2v) is 4.57. The van der Waals surface area contributed by atoms with Crippen LogP contribution in [0.5, 0.6) is 0 Å². The Labute approximate surface area is 101 Å². The molecule has 2 heteroatoms. The topological polar surface area (TPSA) is 29.1 Å². The van der Waals surface area contributed by atoms with Crippen molar-refractivity contribution in [1.82, 2.24) is 5.32 Å². The summed E-state index contributed by atoms with van der Waals surface area (Å²) < 4.78 is 0. The summed E-state index contributed by atoms with van der Waals surface area (Å²) in [6.45, 7) is 5.27. The molecule has 0 spiro atoms. The highest BCUT2D eigenvalue weighted by atomic mass is 16.1. The van der Waals surface area contributed by atoms with Crippen molar-refractivity contribution in [1.29, 1.82) is 0 Å². The van der Waals surface area contributed by atoms with Crippen molar-refractivity contribution in [3.63, 3.8) is 0 Å². The van der Waals surface area contributed by atoms with E-state index in [1.54, 1.807) is 0 Å². The van der Waals surface area contributed by atoms with Crippen LogP contribution in [0.3, 0.4) is 0 Å². The minimum atomic E-state index is 0.242. The van der Waals surface area contributed by atoms with Gasteiger partial charge in [0.25, 0.3) is 0 Å². The fraction of sp³-hybridized carbons (Fsp3) is 0.929. The van der Waals surface area contributed by atoms with E-state index in [-0.39, 0.29) is 5.91 Å². The maximum atomic E-state index is 11.4. The fourth-order valence-electron chi connectivity index (χ4n) is 1.76. The van der Waals surface area contributed by atoms with Crippen LogP contribution >= 0.6 is 0 Å². The van der Waals surface area contributed by atoms with Crippen LogP contribution in [0, 0.1) is 0 Å². The minimum Gasteiger partial charge on any atom is -0.356 e. The van der Waals surface area contributed by atoms with Crippen LogP contribution in [0.2, 0.25) is 0 Å². The van der Waals surface area contributed by atoms with Gasteiger partial charge >= 0.3 is 0 Å². The lowest BCUT2D eigenvalue weighted by atomic mass is 10.1. The average molecular weight is 227 g/mol. The zero-order valence-corrected chi connectivity index (χ0v) is 11.2. The Morgan fingerprint density at radius 1 is 0.812 bits per heavy atom. The van der Waals surface area contributed by atoms with Gasteiger partial charge in [-0.2, -0.15) is 0 Å². The molecule has 0 aromatic heterocycles. The molecule has 0 heterocycles. The van der Waals surface area contributed by atoms with Gasteiger partial charge in [-0.1, -0.05) is 58.8 Å². The van der Waals surface area contributed by atoms with Gasteiger partial charge in [0.05, 0.1) is 0 Å². The molecule has 1 N–H and O–H groups in total. The van der Waals surface area contributed by atoms with Crippen molar-refractivity contribution in [3.8, 4) is 0 Å². The summed E-state index contributed by atoms with van der Waals surface area (Å²) in [5.74, 6) is 0.242. The third-order valence-electron chi connectivity index (χ3n) is 2.86. The van der Waals surface area contributed by atoms with Gasteiger partial charge in [-0.3, -0.25) is 4.79 Å². The van der Waals surface area contributed by atoms with Gasteiger partial charge < -0.3 is 5.32 Å². The number of carbonyl (C=O) groups excluding carboxylic acids is 1. The smallest absolute Gasteiger partial charge is 0.219 e. The fourth-order valence-corrected chi connectivity index (χ4v) is 1.76. The van der Waals surface area contributed by atoms with E-state index >= 15 is 0 Å². The minimum absolute atomic E-state index is 0.242. The Morgan fingerprint density at radius 3 is 2.06 bits per heavy atom. The van der Waals surface area contributed by atoms with Gasteiger partial charge in [-0.15, -0.1) is 0 Å². The second-order valence-electron chi connectivity index (χ2n) is 4.57. The molecule has 0 fully saturated rings. The molecule has 0 aliphatic heterocycles. The lowest BCUT2D eigenvalue weighted by Crippen LogP contribution is -2.23. The number of unbranched alkanes of at least 4 members (excludes halogenated alkanes) is 7. The third-order valence-corrected chi connectivity index (χ3v) is 2.86. The summed E-state index contributed by atoms with van der Waals surface area (Å²) in [5, 5.41) is 2.98. The van der Waals surface area contributed by atoms with Gasteiger partial charge in [0.1, 0.15) is 0 Å². The van der Waals surface area contributed by atoms with E-state index in [0.29, 0.717) is 0 Å². The van der Waals surface area contributed by atoms with Crippen LogP contribution in [0.1, 0.15) is 78.1 Å². The van der Waals surface area contributed by atoms with E-state index in [1.807, 2.05) is 0 Å². The Kier molecular flexibility index (Phi) is 12.1. The average Bonchev–Trinajstić information content (AvgIpc) is 2.29. The first-order valence-electron chi connectivity index (χ1n) is 7.08. The zero-order chi connectivity index (χ0) is 12.1. The first-order valence-corrected chi connectivity index (χ1v) is 7.08.